The molecule has 0 unspecified atom stereocenters. The van der Waals surface area contributed by atoms with Crippen molar-refractivity contribution in [2.45, 2.75) is 6.04 Å². The second-order valence-corrected chi connectivity index (χ2v) is 3.17. The van der Waals surface area contributed by atoms with E-state index in [2.05, 4.69) is 27.2 Å². The number of rotatable bonds is 1. The molecule has 66 valence electrons. The number of nitrogens with zero attached hydrogens (tertiary/aromatic N) is 2. The SMILES string of the molecule is CN1CCNC[C@@H]1c1ncc[nH]1. The third-order valence-corrected chi connectivity index (χ3v) is 2.35. The van der Waals surface area contributed by atoms with Gasteiger partial charge in [-0.05, 0) is 7.05 Å². The Morgan fingerprint density at radius 3 is 3.25 bits per heavy atom. The molecule has 1 aromatic rings. The van der Waals surface area contributed by atoms with Crippen LogP contribution < -0.4 is 5.32 Å². The molecule has 1 atom stereocenters. The van der Waals surface area contributed by atoms with Crippen LogP contribution in [0.3, 0.4) is 0 Å². The highest BCUT2D eigenvalue weighted by atomic mass is 15.2. The van der Waals surface area contributed by atoms with Gasteiger partial charge in [-0.3, -0.25) is 4.90 Å². The van der Waals surface area contributed by atoms with Gasteiger partial charge in [-0.25, -0.2) is 4.98 Å². The van der Waals surface area contributed by atoms with E-state index in [1.807, 2.05) is 6.20 Å². The summed E-state index contributed by atoms with van der Waals surface area (Å²) >= 11 is 0. The largest absolute Gasteiger partial charge is 0.347 e. The molecule has 0 amide bonds. The number of H-pyrrole nitrogens is 1. The first-order valence-corrected chi connectivity index (χ1v) is 4.28. The average Bonchev–Trinajstić information content (AvgIpc) is 2.57. The lowest BCUT2D eigenvalue weighted by Gasteiger charge is -2.31. The summed E-state index contributed by atoms with van der Waals surface area (Å²) in [6.07, 6.45) is 3.68. The Kier molecular flexibility index (Phi) is 2.10. The average molecular weight is 166 g/mol. The molecule has 2 rings (SSSR count). The number of hydrogen-bond acceptors (Lipinski definition) is 3. The summed E-state index contributed by atoms with van der Waals surface area (Å²) in [5.74, 6) is 1.06. The molecule has 0 radical (unpaired) electrons. The van der Waals surface area contributed by atoms with E-state index in [9.17, 15) is 0 Å². The fourth-order valence-electron chi connectivity index (χ4n) is 1.57. The molecule has 0 aromatic carbocycles. The van der Waals surface area contributed by atoms with Gasteiger partial charge in [0.2, 0.25) is 0 Å². The van der Waals surface area contributed by atoms with Crippen molar-refractivity contribution in [3.05, 3.63) is 18.2 Å². The Bertz CT molecular complexity index is 231. The standard InChI is InChI=1S/C8H14N4/c1-12-5-4-9-6-7(12)8-10-2-3-11-8/h2-3,7,9H,4-6H2,1H3,(H,10,11)/t7-/m1/s1. The predicted octanol–water partition coefficient (Wildman–Crippen LogP) is -0.0142. The van der Waals surface area contributed by atoms with Crippen molar-refractivity contribution < 1.29 is 0 Å². The van der Waals surface area contributed by atoms with Crippen LogP contribution in [0.1, 0.15) is 11.9 Å². The topological polar surface area (TPSA) is 44.0 Å². The summed E-state index contributed by atoms with van der Waals surface area (Å²) in [4.78, 5) is 9.71. The van der Waals surface area contributed by atoms with Gasteiger partial charge in [-0.15, -0.1) is 0 Å². The number of aromatic nitrogens is 2. The molecular weight excluding hydrogens is 152 g/mol. The molecule has 1 aromatic heterocycles. The van der Waals surface area contributed by atoms with Crippen LogP contribution in [0.2, 0.25) is 0 Å². The number of likely N-dealkylation sites (N-methyl/N-ethyl adjacent to an activating group) is 1. The first-order chi connectivity index (χ1) is 5.88. The molecule has 1 aliphatic heterocycles. The second-order valence-electron chi connectivity index (χ2n) is 3.17. The molecule has 1 saturated heterocycles. The van der Waals surface area contributed by atoms with E-state index in [4.69, 9.17) is 0 Å². The zero-order chi connectivity index (χ0) is 8.39. The molecule has 2 N–H and O–H groups in total. The van der Waals surface area contributed by atoms with Crippen molar-refractivity contribution >= 4 is 0 Å². The minimum atomic E-state index is 0.411. The molecule has 4 nitrogen and oxygen atoms in total. The van der Waals surface area contributed by atoms with E-state index >= 15 is 0 Å². The third-order valence-electron chi connectivity index (χ3n) is 2.35. The minimum absolute atomic E-state index is 0.411. The van der Waals surface area contributed by atoms with Gasteiger partial charge in [0.25, 0.3) is 0 Å². The fraction of sp³-hybridized carbons (Fsp3) is 0.625. The van der Waals surface area contributed by atoms with Crippen molar-refractivity contribution in [2.75, 3.05) is 26.7 Å². The van der Waals surface area contributed by atoms with Gasteiger partial charge >= 0.3 is 0 Å². The quantitative estimate of drug-likeness (QED) is 0.616. The lowest BCUT2D eigenvalue weighted by Crippen LogP contribution is -2.44. The summed E-state index contributed by atoms with van der Waals surface area (Å²) < 4.78 is 0. The molecule has 0 saturated carbocycles. The predicted molar refractivity (Wildman–Crippen MR) is 46.8 cm³/mol. The van der Waals surface area contributed by atoms with E-state index in [0.717, 1.165) is 25.5 Å². The van der Waals surface area contributed by atoms with Gasteiger partial charge in [-0.2, -0.15) is 0 Å². The molecule has 12 heavy (non-hydrogen) atoms. The van der Waals surface area contributed by atoms with Crippen LogP contribution in [-0.4, -0.2) is 41.5 Å². The molecule has 0 aliphatic carbocycles. The van der Waals surface area contributed by atoms with Crippen molar-refractivity contribution in [1.82, 2.24) is 20.2 Å². The van der Waals surface area contributed by atoms with Crippen LogP contribution in [0, 0.1) is 0 Å². The zero-order valence-electron chi connectivity index (χ0n) is 7.25. The lowest BCUT2D eigenvalue weighted by molar-refractivity contribution is 0.195. The van der Waals surface area contributed by atoms with Gasteiger partial charge in [0.15, 0.2) is 0 Å². The first kappa shape index (κ1) is 7.76. The highest BCUT2D eigenvalue weighted by molar-refractivity contribution is 4.98. The lowest BCUT2D eigenvalue weighted by atomic mass is 10.2. The summed E-state index contributed by atoms with van der Waals surface area (Å²) in [5.41, 5.74) is 0. The van der Waals surface area contributed by atoms with Crippen molar-refractivity contribution in [2.24, 2.45) is 0 Å². The van der Waals surface area contributed by atoms with Crippen LogP contribution in [-0.2, 0) is 0 Å². The van der Waals surface area contributed by atoms with Crippen LogP contribution in [0.5, 0.6) is 0 Å². The summed E-state index contributed by atoms with van der Waals surface area (Å²) in [6.45, 7) is 3.16. The monoisotopic (exact) mass is 166 g/mol. The van der Waals surface area contributed by atoms with E-state index in [-0.39, 0.29) is 0 Å². The number of piperazine rings is 1. The zero-order valence-corrected chi connectivity index (χ0v) is 7.25. The van der Waals surface area contributed by atoms with Gasteiger partial charge < -0.3 is 10.3 Å². The maximum absolute atomic E-state index is 4.25. The first-order valence-electron chi connectivity index (χ1n) is 4.28. The van der Waals surface area contributed by atoms with Crippen molar-refractivity contribution in [1.29, 1.82) is 0 Å². The minimum Gasteiger partial charge on any atom is -0.347 e. The Balaban J connectivity index is 2.11. The molecule has 0 spiro atoms. The third kappa shape index (κ3) is 1.35. The molecule has 1 fully saturated rings. The Hall–Kier alpha value is -0.870. The highest BCUT2D eigenvalue weighted by Gasteiger charge is 2.21. The second kappa shape index (κ2) is 3.25. The van der Waals surface area contributed by atoms with E-state index in [1.54, 1.807) is 6.20 Å². The Morgan fingerprint density at radius 1 is 1.67 bits per heavy atom. The van der Waals surface area contributed by atoms with Crippen LogP contribution >= 0.6 is 0 Å². The van der Waals surface area contributed by atoms with Crippen LogP contribution in [0.25, 0.3) is 0 Å². The molecular formula is C8H14N4. The number of aromatic amines is 1. The normalized spacial score (nSPS) is 25.9. The van der Waals surface area contributed by atoms with E-state index < -0.39 is 0 Å². The fourth-order valence-corrected chi connectivity index (χ4v) is 1.57. The molecule has 0 bridgehead atoms. The van der Waals surface area contributed by atoms with Gasteiger partial charge in [0, 0.05) is 32.0 Å². The molecule has 1 aliphatic rings. The van der Waals surface area contributed by atoms with Gasteiger partial charge in [0.1, 0.15) is 5.82 Å². The van der Waals surface area contributed by atoms with Crippen molar-refractivity contribution in [3.63, 3.8) is 0 Å². The smallest absolute Gasteiger partial charge is 0.124 e. The Morgan fingerprint density at radius 2 is 2.58 bits per heavy atom. The summed E-state index contributed by atoms with van der Waals surface area (Å²) in [6, 6.07) is 0.411. The van der Waals surface area contributed by atoms with Gasteiger partial charge in [-0.1, -0.05) is 0 Å². The summed E-state index contributed by atoms with van der Waals surface area (Å²) in [7, 11) is 2.13. The highest BCUT2D eigenvalue weighted by Crippen LogP contribution is 2.15. The molecule has 4 heteroatoms. The van der Waals surface area contributed by atoms with Crippen LogP contribution in [0.4, 0.5) is 0 Å². The van der Waals surface area contributed by atoms with E-state index in [1.165, 1.54) is 0 Å². The number of imidazole rings is 1. The van der Waals surface area contributed by atoms with Crippen LogP contribution in [0.15, 0.2) is 12.4 Å². The van der Waals surface area contributed by atoms with E-state index in [0.29, 0.717) is 6.04 Å². The summed E-state index contributed by atoms with van der Waals surface area (Å²) in [5, 5.41) is 3.35. The maximum atomic E-state index is 4.25. The number of hydrogen-bond donors (Lipinski definition) is 2. The van der Waals surface area contributed by atoms with Crippen molar-refractivity contribution in [3.8, 4) is 0 Å². The molecule has 2 heterocycles. The number of nitrogens with one attached hydrogen (secondary N) is 2. The van der Waals surface area contributed by atoms with Gasteiger partial charge in [0.05, 0.1) is 6.04 Å². The Labute approximate surface area is 72.0 Å². The maximum Gasteiger partial charge on any atom is 0.124 e.